The smallest absolute Gasteiger partial charge is 0.176 e. The number of nitrogens with zero attached hydrogens (tertiary/aromatic N) is 2. The van der Waals surface area contributed by atoms with Crippen LogP contribution in [-0.2, 0) is 0 Å². The van der Waals surface area contributed by atoms with E-state index in [1.807, 2.05) is 11.4 Å². The van der Waals surface area contributed by atoms with Crippen molar-refractivity contribution in [3.05, 3.63) is 41.5 Å². The van der Waals surface area contributed by atoms with Gasteiger partial charge >= 0.3 is 0 Å². The van der Waals surface area contributed by atoms with E-state index in [0.717, 1.165) is 15.2 Å². The highest BCUT2D eigenvalue weighted by molar-refractivity contribution is 8.00. The number of hydrogen-bond donors (Lipinski definition) is 0. The Morgan fingerprint density at radius 1 is 1.22 bits per heavy atom. The van der Waals surface area contributed by atoms with Crippen LogP contribution in [0.2, 0.25) is 0 Å². The second kappa shape index (κ2) is 6.97. The van der Waals surface area contributed by atoms with Gasteiger partial charge in [0.15, 0.2) is 5.78 Å². The number of benzene rings is 1. The summed E-state index contributed by atoms with van der Waals surface area (Å²) in [6, 6.07) is 7.16. The van der Waals surface area contributed by atoms with Gasteiger partial charge < -0.3 is 9.47 Å². The summed E-state index contributed by atoms with van der Waals surface area (Å²) >= 11 is 2.96. The van der Waals surface area contributed by atoms with Crippen LogP contribution in [0.1, 0.15) is 10.4 Å². The maximum absolute atomic E-state index is 12.5. The first kappa shape index (κ1) is 15.8. The van der Waals surface area contributed by atoms with Crippen molar-refractivity contribution in [3.63, 3.8) is 0 Å². The Balaban J connectivity index is 1.78. The molecule has 0 fully saturated rings. The highest BCUT2D eigenvalue weighted by Gasteiger charge is 2.15. The van der Waals surface area contributed by atoms with Crippen LogP contribution in [0.4, 0.5) is 0 Å². The second-order valence-electron chi connectivity index (χ2n) is 4.60. The van der Waals surface area contributed by atoms with Crippen LogP contribution in [0.15, 0.2) is 41.0 Å². The van der Waals surface area contributed by atoms with E-state index in [9.17, 15) is 4.79 Å². The normalized spacial score (nSPS) is 10.7. The summed E-state index contributed by atoms with van der Waals surface area (Å²) in [5.74, 6) is 1.43. The summed E-state index contributed by atoms with van der Waals surface area (Å²) in [7, 11) is 3.12. The maximum atomic E-state index is 12.5. The Labute approximate surface area is 141 Å². The molecule has 0 aliphatic heterocycles. The van der Waals surface area contributed by atoms with Gasteiger partial charge in [-0.25, -0.2) is 9.97 Å². The molecule has 0 spiro atoms. The van der Waals surface area contributed by atoms with Crippen molar-refractivity contribution in [1.82, 2.24) is 9.97 Å². The first-order chi connectivity index (χ1) is 11.2. The minimum atomic E-state index is -0.0171. The summed E-state index contributed by atoms with van der Waals surface area (Å²) in [6.07, 6.45) is 1.53. The third-order valence-corrected chi connectivity index (χ3v) is 5.10. The average Bonchev–Trinajstić information content (AvgIpc) is 3.08. The van der Waals surface area contributed by atoms with Gasteiger partial charge in [-0.15, -0.1) is 11.3 Å². The molecule has 0 saturated carbocycles. The molecule has 0 unspecified atom stereocenters. The molecule has 1 aromatic carbocycles. The molecule has 0 amide bonds. The molecule has 23 heavy (non-hydrogen) atoms. The Morgan fingerprint density at radius 2 is 2.09 bits per heavy atom. The molecule has 2 aromatic heterocycles. The molecule has 0 aliphatic carbocycles. The van der Waals surface area contributed by atoms with Crippen LogP contribution in [0.5, 0.6) is 11.5 Å². The summed E-state index contributed by atoms with van der Waals surface area (Å²) in [5.41, 5.74) is 0.538. The number of carbonyl (C=O) groups is 1. The number of rotatable bonds is 6. The fraction of sp³-hybridized carbons (Fsp3) is 0.188. The topological polar surface area (TPSA) is 61.3 Å². The molecule has 3 aromatic rings. The zero-order valence-corrected chi connectivity index (χ0v) is 14.2. The summed E-state index contributed by atoms with van der Waals surface area (Å²) in [4.78, 5) is 21.9. The lowest BCUT2D eigenvalue weighted by Crippen LogP contribution is -2.05. The zero-order chi connectivity index (χ0) is 16.2. The molecular formula is C16H14N2O3S2. The van der Waals surface area contributed by atoms with Gasteiger partial charge in [-0.1, -0.05) is 11.8 Å². The Morgan fingerprint density at radius 3 is 2.87 bits per heavy atom. The van der Waals surface area contributed by atoms with Crippen molar-refractivity contribution in [2.24, 2.45) is 0 Å². The Hall–Kier alpha value is -2.12. The lowest BCUT2D eigenvalue weighted by molar-refractivity contribution is 0.101. The number of thiophene rings is 1. The molecule has 0 bridgehead atoms. The summed E-state index contributed by atoms with van der Waals surface area (Å²) < 4.78 is 10.4. The molecule has 0 atom stereocenters. The molecule has 118 valence electrons. The number of Topliss-reactive ketones (excluding diaryl/α,β-unsaturated/α-hetero) is 1. The van der Waals surface area contributed by atoms with Gasteiger partial charge in [0.05, 0.1) is 25.5 Å². The van der Waals surface area contributed by atoms with Crippen LogP contribution >= 0.6 is 23.1 Å². The molecule has 0 aliphatic rings. The van der Waals surface area contributed by atoms with Crippen molar-refractivity contribution in [2.45, 2.75) is 5.03 Å². The van der Waals surface area contributed by atoms with Crippen LogP contribution in [0.3, 0.4) is 0 Å². The Bertz CT molecular complexity index is 848. The van der Waals surface area contributed by atoms with Crippen molar-refractivity contribution in [1.29, 1.82) is 0 Å². The zero-order valence-electron chi connectivity index (χ0n) is 12.6. The van der Waals surface area contributed by atoms with Crippen molar-refractivity contribution < 1.29 is 14.3 Å². The third kappa shape index (κ3) is 3.30. The average molecular weight is 346 g/mol. The molecular weight excluding hydrogens is 332 g/mol. The number of aromatic nitrogens is 2. The van der Waals surface area contributed by atoms with E-state index in [2.05, 4.69) is 9.97 Å². The quantitative estimate of drug-likeness (QED) is 0.385. The van der Waals surface area contributed by atoms with E-state index in [1.54, 1.807) is 36.6 Å². The number of ketones is 1. The van der Waals surface area contributed by atoms with Crippen LogP contribution in [0.25, 0.3) is 10.2 Å². The van der Waals surface area contributed by atoms with Gasteiger partial charge in [0.1, 0.15) is 27.7 Å². The van der Waals surface area contributed by atoms with Crippen LogP contribution in [0, 0.1) is 0 Å². The number of thioether (sulfide) groups is 1. The summed E-state index contributed by atoms with van der Waals surface area (Å²) in [6.45, 7) is 0. The second-order valence-corrected chi connectivity index (χ2v) is 6.45. The van der Waals surface area contributed by atoms with Crippen molar-refractivity contribution in [3.8, 4) is 11.5 Å². The molecule has 7 heteroatoms. The molecule has 5 nitrogen and oxygen atoms in total. The van der Waals surface area contributed by atoms with Gasteiger partial charge in [0, 0.05) is 11.5 Å². The SMILES string of the molecule is COc1ccc(C(=O)CSc2ncnc3sccc23)c(OC)c1. The lowest BCUT2D eigenvalue weighted by atomic mass is 10.1. The molecule has 0 N–H and O–H groups in total. The van der Waals surface area contributed by atoms with Gasteiger partial charge in [-0.2, -0.15) is 0 Å². The van der Waals surface area contributed by atoms with E-state index in [1.165, 1.54) is 25.2 Å². The first-order valence-electron chi connectivity index (χ1n) is 6.79. The maximum Gasteiger partial charge on any atom is 0.176 e. The van der Waals surface area contributed by atoms with Crippen molar-refractivity contribution in [2.75, 3.05) is 20.0 Å². The number of hydrogen-bond acceptors (Lipinski definition) is 7. The van der Waals surface area contributed by atoms with Gasteiger partial charge in [-0.05, 0) is 23.6 Å². The fourth-order valence-corrected chi connectivity index (χ4v) is 3.79. The predicted molar refractivity (Wildman–Crippen MR) is 92.0 cm³/mol. The standard InChI is InChI=1S/C16H14N2O3S2/c1-20-10-3-4-11(14(7-10)21-2)13(19)8-23-16-12-5-6-22-15(12)17-9-18-16/h3-7,9H,8H2,1-2H3. The highest BCUT2D eigenvalue weighted by Crippen LogP contribution is 2.30. The van der Waals surface area contributed by atoms with Crippen molar-refractivity contribution >= 4 is 39.1 Å². The number of carbonyl (C=O) groups excluding carboxylic acids is 1. The molecule has 0 radical (unpaired) electrons. The number of methoxy groups -OCH3 is 2. The van der Waals surface area contributed by atoms with Gasteiger partial charge in [0.2, 0.25) is 0 Å². The number of ether oxygens (including phenoxy) is 2. The molecule has 0 saturated heterocycles. The van der Waals surface area contributed by atoms with E-state index < -0.39 is 0 Å². The highest BCUT2D eigenvalue weighted by atomic mass is 32.2. The minimum absolute atomic E-state index is 0.0171. The number of fused-ring (bicyclic) bond motifs is 1. The molecule has 3 rings (SSSR count). The lowest BCUT2D eigenvalue weighted by Gasteiger charge is -2.09. The third-order valence-electron chi connectivity index (χ3n) is 3.27. The van der Waals surface area contributed by atoms with E-state index in [-0.39, 0.29) is 11.5 Å². The summed E-state index contributed by atoms with van der Waals surface area (Å²) in [5, 5.41) is 3.77. The minimum Gasteiger partial charge on any atom is -0.497 e. The van der Waals surface area contributed by atoms with Crippen LogP contribution in [-0.4, -0.2) is 35.7 Å². The predicted octanol–water partition coefficient (Wildman–Crippen LogP) is 3.68. The Kier molecular flexibility index (Phi) is 4.78. The van der Waals surface area contributed by atoms with E-state index in [4.69, 9.17) is 9.47 Å². The molecule has 2 heterocycles. The fourth-order valence-electron chi connectivity index (χ4n) is 2.12. The first-order valence-corrected chi connectivity index (χ1v) is 8.65. The van der Waals surface area contributed by atoms with E-state index in [0.29, 0.717) is 17.1 Å². The van der Waals surface area contributed by atoms with Gasteiger partial charge in [-0.3, -0.25) is 4.79 Å². The van der Waals surface area contributed by atoms with E-state index >= 15 is 0 Å². The van der Waals surface area contributed by atoms with Crippen LogP contribution < -0.4 is 9.47 Å². The monoisotopic (exact) mass is 346 g/mol. The van der Waals surface area contributed by atoms with Gasteiger partial charge in [0.25, 0.3) is 0 Å². The largest absolute Gasteiger partial charge is 0.497 e.